The maximum absolute atomic E-state index is 12.2. The Hall–Kier alpha value is -1.46. The van der Waals surface area contributed by atoms with Crippen molar-refractivity contribution in [3.8, 4) is 11.5 Å². The monoisotopic (exact) mass is 328 g/mol. The van der Waals surface area contributed by atoms with Gasteiger partial charge in [-0.05, 0) is 31.0 Å². The fourth-order valence-corrected chi connectivity index (χ4v) is 2.60. The summed E-state index contributed by atoms with van der Waals surface area (Å²) in [5, 5.41) is 3.34. The molecule has 0 aliphatic carbocycles. The lowest BCUT2D eigenvalue weighted by Crippen LogP contribution is -2.51. The lowest BCUT2D eigenvalue weighted by Gasteiger charge is -2.32. The summed E-state index contributed by atoms with van der Waals surface area (Å²) >= 11 is 0. The number of methoxy groups -OCH3 is 2. The van der Waals surface area contributed by atoms with Crippen LogP contribution in [0.5, 0.6) is 11.5 Å². The molecule has 1 atom stereocenters. The normalized spacial score (nSPS) is 17.6. The minimum Gasteiger partial charge on any atom is -0.493 e. The summed E-state index contributed by atoms with van der Waals surface area (Å²) in [5.74, 6) is 1.64. The number of nitrogens with zero attached hydrogens (tertiary/aromatic N) is 1. The van der Waals surface area contributed by atoms with E-state index in [9.17, 15) is 4.79 Å². The summed E-state index contributed by atoms with van der Waals surface area (Å²) in [6.07, 6.45) is 1.25. The Morgan fingerprint density at radius 3 is 2.68 bits per heavy atom. The van der Waals surface area contributed by atoms with Crippen molar-refractivity contribution in [2.45, 2.75) is 25.8 Å². The van der Waals surface area contributed by atoms with Crippen molar-refractivity contribution in [2.24, 2.45) is 0 Å². The molecule has 1 N–H and O–H groups in total. The zero-order valence-corrected chi connectivity index (χ0v) is 14.2. The third-order valence-corrected chi connectivity index (χ3v) is 3.80. The Morgan fingerprint density at radius 1 is 1.32 bits per heavy atom. The fraction of sp³-hybridized carbons (Fsp3) is 0.562. The van der Waals surface area contributed by atoms with Gasteiger partial charge in [0.2, 0.25) is 5.91 Å². The highest BCUT2D eigenvalue weighted by atomic mass is 35.5. The Kier molecular flexibility index (Phi) is 7.48. The molecule has 124 valence electrons. The smallest absolute Gasteiger partial charge is 0.222 e. The molecule has 1 aliphatic heterocycles. The molecular formula is C16H25ClN2O3. The van der Waals surface area contributed by atoms with E-state index in [1.54, 1.807) is 14.2 Å². The van der Waals surface area contributed by atoms with E-state index >= 15 is 0 Å². The predicted molar refractivity (Wildman–Crippen MR) is 89.2 cm³/mol. The minimum atomic E-state index is 0. The highest BCUT2D eigenvalue weighted by Crippen LogP contribution is 2.28. The molecule has 0 spiro atoms. The van der Waals surface area contributed by atoms with Crippen molar-refractivity contribution in [1.82, 2.24) is 10.2 Å². The fourth-order valence-electron chi connectivity index (χ4n) is 2.60. The third-order valence-electron chi connectivity index (χ3n) is 3.80. The SMILES string of the molecule is COc1ccc(CCC(=O)N2CCNC(C)C2)cc1OC.Cl. The van der Waals surface area contributed by atoms with Gasteiger partial charge in [-0.15, -0.1) is 12.4 Å². The summed E-state index contributed by atoms with van der Waals surface area (Å²) in [5.41, 5.74) is 1.09. The molecule has 0 bridgehead atoms. The van der Waals surface area contributed by atoms with Crippen LogP contribution >= 0.6 is 12.4 Å². The molecule has 1 heterocycles. The number of carbonyl (C=O) groups excluding carboxylic acids is 1. The van der Waals surface area contributed by atoms with Crippen LogP contribution in [-0.4, -0.2) is 50.7 Å². The first-order valence-corrected chi connectivity index (χ1v) is 7.36. The number of ether oxygens (including phenoxy) is 2. The van der Waals surface area contributed by atoms with E-state index in [2.05, 4.69) is 12.2 Å². The van der Waals surface area contributed by atoms with Crippen LogP contribution in [0.2, 0.25) is 0 Å². The molecule has 1 fully saturated rings. The molecule has 0 saturated carbocycles. The van der Waals surface area contributed by atoms with E-state index in [0.29, 0.717) is 24.0 Å². The zero-order chi connectivity index (χ0) is 15.2. The number of hydrogen-bond donors (Lipinski definition) is 1. The predicted octanol–water partition coefficient (Wildman–Crippen LogP) is 1.88. The van der Waals surface area contributed by atoms with Gasteiger partial charge in [-0.3, -0.25) is 4.79 Å². The standard InChI is InChI=1S/C16H24N2O3.ClH/c1-12-11-18(9-8-17-12)16(19)7-5-13-4-6-14(20-2)15(10-13)21-3;/h4,6,10,12,17H,5,7-9,11H2,1-3H3;1H. The van der Waals surface area contributed by atoms with Gasteiger partial charge in [-0.1, -0.05) is 6.07 Å². The van der Waals surface area contributed by atoms with Crippen LogP contribution < -0.4 is 14.8 Å². The van der Waals surface area contributed by atoms with Gasteiger partial charge in [0.25, 0.3) is 0 Å². The highest BCUT2D eigenvalue weighted by Gasteiger charge is 2.20. The number of carbonyl (C=O) groups is 1. The van der Waals surface area contributed by atoms with Crippen molar-refractivity contribution in [2.75, 3.05) is 33.9 Å². The summed E-state index contributed by atoms with van der Waals surface area (Å²) in [4.78, 5) is 14.2. The van der Waals surface area contributed by atoms with E-state index in [1.807, 2.05) is 23.1 Å². The molecule has 1 aromatic rings. The van der Waals surface area contributed by atoms with Crippen molar-refractivity contribution in [3.05, 3.63) is 23.8 Å². The van der Waals surface area contributed by atoms with Crippen LogP contribution in [-0.2, 0) is 11.2 Å². The maximum atomic E-state index is 12.2. The third kappa shape index (κ3) is 4.78. The second-order valence-corrected chi connectivity index (χ2v) is 5.38. The lowest BCUT2D eigenvalue weighted by molar-refractivity contribution is -0.132. The van der Waals surface area contributed by atoms with Gasteiger partial charge in [0.1, 0.15) is 0 Å². The number of piperazine rings is 1. The number of aryl methyl sites for hydroxylation is 1. The number of nitrogens with one attached hydrogen (secondary N) is 1. The molecule has 1 aromatic carbocycles. The topological polar surface area (TPSA) is 50.8 Å². The molecule has 1 amide bonds. The van der Waals surface area contributed by atoms with Gasteiger partial charge in [0, 0.05) is 32.1 Å². The Labute approximate surface area is 138 Å². The summed E-state index contributed by atoms with van der Waals surface area (Å²) in [6.45, 7) is 4.58. The van der Waals surface area contributed by atoms with Gasteiger partial charge < -0.3 is 19.7 Å². The van der Waals surface area contributed by atoms with Crippen LogP contribution in [0.4, 0.5) is 0 Å². The quantitative estimate of drug-likeness (QED) is 0.896. The summed E-state index contributed by atoms with van der Waals surface area (Å²) < 4.78 is 10.5. The highest BCUT2D eigenvalue weighted by molar-refractivity contribution is 5.85. The molecular weight excluding hydrogens is 304 g/mol. The second-order valence-electron chi connectivity index (χ2n) is 5.38. The summed E-state index contributed by atoms with van der Waals surface area (Å²) in [6, 6.07) is 6.18. The molecule has 1 aliphatic rings. The first-order chi connectivity index (χ1) is 10.1. The average Bonchev–Trinajstić information content (AvgIpc) is 2.52. The molecule has 22 heavy (non-hydrogen) atoms. The van der Waals surface area contributed by atoms with Crippen LogP contribution in [0.1, 0.15) is 18.9 Å². The second kappa shape index (κ2) is 8.86. The first-order valence-electron chi connectivity index (χ1n) is 7.36. The van der Waals surface area contributed by atoms with E-state index in [0.717, 1.165) is 31.6 Å². The summed E-state index contributed by atoms with van der Waals surface area (Å²) in [7, 11) is 3.24. The number of benzene rings is 1. The zero-order valence-electron chi connectivity index (χ0n) is 13.4. The van der Waals surface area contributed by atoms with Gasteiger partial charge >= 0.3 is 0 Å². The van der Waals surface area contributed by atoms with Gasteiger partial charge in [-0.25, -0.2) is 0 Å². The van der Waals surface area contributed by atoms with E-state index in [4.69, 9.17) is 9.47 Å². The van der Waals surface area contributed by atoms with Crippen LogP contribution in [0.15, 0.2) is 18.2 Å². The number of rotatable bonds is 5. The Morgan fingerprint density at radius 2 is 2.05 bits per heavy atom. The van der Waals surface area contributed by atoms with E-state index in [-0.39, 0.29) is 18.3 Å². The largest absolute Gasteiger partial charge is 0.493 e. The average molecular weight is 329 g/mol. The van der Waals surface area contributed by atoms with Crippen molar-refractivity contribution in [1.29, 1.82) is 0 Å². The van der Waals surface area contributed by atoms with E-state index in [1.165, 1.54) is 0 Å². The molecule has 6 heteroatoms. The molecule has 0 radical (unpaired) electrons. The van der Waals surface area contributed by atoms with Crippen molar-refractivity contribution in [3.63, 3.8) is 0 Å². The van der Waals surface area contributed by atoms with Crippen molar-refractivity contribution >= 4 is 18.3 Å². The van der Waals surface area contributed by atoms with Crippen LogP contribution in [0, 0.1) is 0 Å². The van der Waals surface area contributed by atoms with E-state index < -0.39 is 0 Å². The van der Waals surface area contributed by atoms with Crippen molar-refractivity contribution < 1.29 is 14.3 Å². The molecule has 1 saturated heterocycles. The lowest BCUT2D eigenvalue weighted by atomic mass is 10.1. The number of amides is 1. The maximum Gasteiger partial charge on any atom is 0.222 e. The first kappa shape index (κ1) is 18.6. The molecule has 0 aromatic heterocycles. The minimum absolute atomic E-state index is 0. The van der Waals surface area contributed by atoms with Gasteiger partial charge in [-0.2, -0.15) is 0 Å². The van der Waals surface area contributed by atoms with Gasteiger partial charge in [0.15, 0.2) is 11.5 Å². The van der Waals surface area contributed by atoms with Gasteiger partial charge in [0.05, 0.1) is 14.2 Å². The molecule has 1 unspecified atom stereocenters. The van der Waals surface area contributed by atoms with Crippen LogP contribution in [0.25, 0.3) is 0 Å². The van der Waals surface area contributed by atoms with Crippen LogP contribution in [0.3, 0.4) is 0 Å². The number of halogens is 1. The Balaban J connectivity index is 0.00000242. The molecule has 5 nitrogen and oxygen atoms in total. The number of hydrogen-bond acceptors (Lipinski definition) is 4. The molecule has 2 rings (SSSR count). The Bertz CT molecular complexity index is 496.